The van der Waals surface area contributed by atoms with Crippen molar-refractivity contribution in [3.05, 3.63) is 119 Å². The van der Waals surface area contributed by atoms with Crippen LogP contribution < -0.4 is 15.1 Å². The van der Waals surface area contributed by atoms with Gasteiger partial charge in [0, 0.05) is 54.6 Å². The van der Waals surface area contributed by atoms with Crippen LogP contribution in [0.5, 0.6) is 0 Å². The van der Waals surface area contributed by atoms with Crippen LogP contribution in [0.25, 0.3) is 0 Å². The molecule has 6 heteroatoms. The summed E-state index contributed by atoms with van der Waals surface area (Å²) in [5.74, 6) is 0.841. The Kier molecular flexibility index (Phi) is 7.74. The third kappa shape index (κ3) is 5.71. The summed E-state index contributed by atoms with van der Waals surface area (Å²) in [6.45, 7) is 1.78. The summed E-state index contributed by atoms with van der Waals surface area (Å²) in [5, 5.41) is 4.38. The predicted octanol–water partition coefficient (Wildman–Crippen LogP) is 7.65. The number of nitrogens with one attached hydrogen (secondary N) is 1. The molecule has 1 amide bonds. The third-order valence-electron chi connectivity index (χ3n) is 8.30. The van der Waals surface area contributed by atoms with Gasteiger partial charge in [0.1, 0.15) is 0 Å². The van der Waals surface area contributed by atoms with Crippen LogP contribution in [0.2, 0.25) is 5.02 Å². The van der Waals surface area contributed by atoms with Gasteiger partial charge < -0.3 is 15.1 Å². The Labute approximate surface area is 241 Å². The molecule has 1 unspecified atom stereocenters. The second kappa shape index (κ2) is 11.7. The van der Waals surface area contributed by atoms with Crippen LogP contribution in [-0.2, 0) is 17.8 Å². The van der Waals surface area contributed by atoms with Gasteiger partial charge in [0.15, 0.2) is 0 Å². The zero-order valence-corrected chi connectivity index (χ0v) is 23.6. The van der Waals surface area contributed by atoms with Gasteiger partial charge in [-0.05, 0) is 102 Å². The number of benzene rings is 3. The minimum absolute atomic E-state index is 0.0944. The summed E-state index contributed by atoms with van der Waals surface area (Å²) < 4.78 is 0. The monoisotopic (exact) mass is 550 g/mol. The number of hydrogen-bond donors (Lipinski definition) is 1. The number of pyridine rings is 1. The molecule has 204 valence electrons. The fraction of sp³-hybridized carbons (Fsp3) is 0.294. The van der Waals surface area contributed by atoms with Gasteiger partial charge in [-0.15, -0.1) is 0 Å². The molecule has 1 atom stereocenters. The van der Waals surface area contributed by atoms with Crippen LogP contribution in [0.1, 0.15) is 54.0 Å². The largest absolute Gasteiger partial charge is 0.385 e. The highest BCUT2D eigenvalue weighted by Gasteiger charge is 2.35. The van der Waals surface area contributed by atoms with Crippen molar-refractivity contribution in [2.75, 3.05) is 28.7 Å². The van der Waals surface area contributed by atoms with E-state index in [2.05, 4.69) is 64.7 Å². The smallest absolute Gasteiger partial charge is 0.232 e. The molecule has 1 N–H and O–H groups in total. The molecule has 0 bridgehead atoms. The molecular weight excluding hydrogens is 516 g/mol. The van der Waals surface area contributed by atoms with E-state index < -0.39 is 0 Å². The maximum absolute atomic E-state index is 13.7. The Balaban J connectivity index is 1.31. The van der Waals surface area contributed by atoms with Gasteiger partial charge in [-0.1, -0.05) is 42.6 Å². The van der Waals surface area contributed by atoms with Crippen molar-refractivity contribution < 1.29 is 4.79 Å². The topological polar surface area (TPSA) is 48.5 Å². The molecule has 1 fully saturated rings. The highest BCUT2D eigenvalue weighted by Crippen LogP contribution is 2.41. The van der Waals surface area contributed by atoms with Crippen molar-refractivity contribution in [3.8, 4) is 0 Å². The van der Waals surface area contributed by atoms with E-state index in [0.717, 1.165) is 52.8 Å². The van der Waals surface area contributed by atoms with Crippen LogP contribution in [0.4, 0.5) is 17.1 Å². The van der Waals surface area contributed by atoms with E-state index in [9.17, 15) is 4.79 Å². The quantitative estimate of drug-likeness (QED) is 0.245. The second-order valence-electron chi connectivity index (χ2n) is 11.1. The number of carbonyl (C=O) groups is 1. The van der Waals surface area contributed by atoms with Crippen molar-refractivity contribution in [2.24, 2.45) is 5.92 Å². The highest BCUT2D eigenvalue weighted by molar-refractivity contribution is 6.30. The standard InChI is InChI=1S/C34H35ClN4O/c1-38(23-25-16-18-36-19-17-25)30-12-14-31(15-13-30)39-33(40)20-27-8-11-29(37-22-24-4-2-3-5-24)21-32(27)34(39)26-6-9-28(35)10-7-26/h6-19,21,24,34,37H,2-5,20,22-23H2,1H3. The van der Waals surface area contributed by atoms with E-state index in [1.165, 1.54) is 31.2 Å². The minimum Gasteiger partial charge on any atom is -0.385 e. The van der Waals surface area contributed by atoms with Gasteiger partial charge in [-0.3, -0.25) is 9.78 Å². The summed E-state index contributed by atoms with van der Waals surface area (Å²) >= 11 is 6.27. The number of amides is 1. The van der Waals surface area contributed by atoms with Crippen LogP contribution in [0, 0.1) is 5.92 Å². The minimum atomic E-state index is -0.234. The summed E-state index contributed by atoms with van der Waals surface area (Å²) in [7, 11) is 2.08. The van der Waals surface area contributed by atoms with Gasteiger partial charge >= 0.3 is 0 Å². The number of carbonyl (C=O) groups excluding carboxylic acids is 1. The number of nitrogens with zero attached hydrogens (tertiary/aromatic N) is 3. The number of rotatable bonds is 8. The van der Waals surface area contributed by atoms with Crippen LogP contribution in [0.3, 0.4) is 0 Å². The molecule has 0 radical (unpaired) electrons. The lowest BCUT2D eigenvalue weighted by molar-refractivity contribution is -0.118. The summed E-state index contributed by atoms with van der Waals surface area (Å²) in [5.41, 5.74) is 7.59. The van der Waals surface area contributed by atoms with Crippen LogP contribution >= 0.6 is 11.6 Å². The van der Waals surface area contributed by atoms with E-state index in [0.29, 0.717) is 11.4 Å². The molecule has 3 aromatic carbocycles. The van der Waals surface area contributed by atoms with Gasteiger partial charge in [0.25, 0.3) is 0 Å². The highest BCUT2D eigenvalue weighted by atomic mass is 35.5. The third-order valence-corrected chi connectivity index (χ3v) is 8.55. The molecule has 2 heterocycles. The van der Waals surface area contributed by atoms with Gasteiger partial charge in [0.05, 0.1) is 12.5 Å². The number of aromatic nitrogens is 1. The van der Waals surface area contributed by atoms with Crippen LogP contribution in [-0.4, -0.2) is 24.5 Å². The van der Waals surface area contributed by atoms with E-state index in [4.69, 9.17) is 11.6 Å². The van der Waals surface area contributed by atoms with E-state index in [-0.39, 0.29) is 11.9 Å². The SMILES string of the molecule is CN(Cc1ccncc1)c1ccc(N2C(=O)Cc3ccc(NCC4CCCC4)cc3C2c2ccc(Cl)cc2)cc1. The first-order valence-corrected chi connectivity index (χ1v) is 14.6. The van der Waals surface area contributed by atoms with Crippen molar-refractivity contribution in [3.63, 3.8) is 0 Å². The molecule has 6 rings (SSSR count). The van der Waals surface area contributed by atoms with Crippen molar-refractivity contribution in [1.29, 1.82) is 0 Å². The molecule has 0 spiro atoms. The fourth-order valence-corrected chi connectivity index (χ4v) is 6.24. The van der Waals surface area contributed by atoms with E-state index >= 15 is 0 Å². The lowest BCUT2D eigenvalue weighted by Crippen LogP contribution is -2.41. The van der Waals surface area contributed by atoms with Gasteiger partial charge in [-0.25, -0.2) is 0 Å². The van der Waals surface area contributed by atoms with Gasteiger partial charge in [-0.2, -0.15) is 0 Å². The molecule has 2 aliphatic rings. The average Bonchev–Trinajstić information content (AvgIpc) is 3.50. The summed E-state index contributed by atoms with van der Waals surface area (Å²) in [6, 6.07) is 26.5. The maximum Gasteiger partial charge on any atom is 0.232 e. The number of halogens is 1. The molecule has 1 aromatic heterocycles. The predicted molar refractivity (Wildman–Crippen MR) is 164 cm³/mol. The maximum atomic E-state index is 13.7. The molecule has 1 aliphatic carbocycles. The summed E-state index contributed by atoms with van der Waals surface area (Å²) in [6.07, 6.45) is 9.31. The molecule has 4 aromatic rings. The van der Waals surface area contributed by atoms with Crippen molar-refractivity contribution in [1.82, 2.24) is 4.98 Å². The van der Waals surface area contributed by atoms with Crippen molar-refractivity contribution in [2.45, 2.75) is 44.7 Å². The Morgan fingerprint density at radius 1 is 0.950 bits per heavy atom. The normalized spacial score (nSPS) is 17.1. The lowest BCUT2D eigenvalue weighted by atomic mass is 9.87. The number of anilines is 3. The molecule has 40 heavy (non-hydrogen) atoms. The Bertz CT molecular complexity index is 1450. The van der Waals surface area contributed by atoms with Crippen molar-refractivity contribution >= 4 is 34.6 Å². The molecular formula is C34H35ClN4O. The van der Waals surface area contributed by atoms with Crippen LogP contribution in [0.15, 0.2) is 91.3 Å². The van der Waals surface area contributed by atoms with E-state index in [1.807, 2.05) is 53.7 Å². The number of hydrogen-bond acceptors (Lipinski definition) is 4. The average molecular weight is 551 g/mol. The molecule has 1 saturated carbocycles. The fourth-order valence-electron chi connectivity index (χ4n) is 6.12. The molecule has 0 saturated heterocycles. The first-order valence-electron chi connectivity index (χ1n) is 14.2. The Morgan fingerprint density at radius 3 is 2.40 bits per heavy atom. The summed E-state index contributed by atoms with van der Waals surface area (Å²) in [4.78, 5) is 22.0. The van der Waals surface area contributed by atoms with Gasteiger partial charge in [0.2, 0.25) is 5.91 Å². The molecule has 1 aliphatic heterocycles. The first kappa shape index (κ1) is 26.4. The first-order chi connectivity index (χ1) is 19.5. The lowest BCUT2D eigenvalue weighted by Gasteiger charge is -2.38. The molecule has 5 nitrogen and oxygen atoms in total. The number of fused-ring (bicyclic) bond motifs is 1. The zero-order valence-electron chi connectivity index (χ0n) is 22.9. The Morgan fingerprint density at radius 2 is 1.68 bits per heavy atom. The Hall–Kier alpha value is -3.83. The zero-order chi connectivity index (χ0) is 27.5. The second-order valence-corrected chi connectivity index (χ2v) is 11.5. The van der Waals surface area contributed by atoms with E-state index in [1.54, 1.807) is 0 Å².